The van der Waals surface area contributed by atoms with Crippen molar-refractivity contribution in [3.05, 3.63) is 41.5 Å². The number of anilines is 1. The fraction of sp³-hybridized carbons (Fsp3) is 0.467. The molecule has 1 unspecified atom stereocenters. The maximum atomic E-state index is 5.72. The molecule has 108 valence electrons. The first-order chi connectivity index (χ1) is 9.43. The number of rotatable bonds is 5. The summed E-state index contributed by atoms with van der Waals surface area (Å²) in [5.74, 6) is 1.26. The zero-order valence-electron chi connectivity index (χ0n) is 12.4. The van der Waals surface area contributed by atoms with Gasteiger partial charge in [0.25, 0.3) is 0 Å². The van der Waals surface area contributed by atoms with Crippen molar-refractivity contribution in [2.75, 3.05) is 12.8 Å². The minimum Gasteiger partial charge on any atom is -0.399 e. The number of nitrogen functional groups attached to an aromatic ring is 1. The summed E-state index contributed by atoms with van der Waals surface area (Å²) in [6.07, 6.45) is 0.706. The third-order valence-electron chi connectivity index (χ3n) is 3.51. The molecule has 0 aliphatic heterocycles. The monoisotopic (exact) mass is 275 g/mol. The van der Waals surface area contributed by atoms with Crippen molar-refractivity contribution >= 4 is 5.69 Å². The summed E-state index contributed by atoms with van der Waals surface area (Å²) in [5, 5.41) is 4.02. The number of methoxy groups -OCH3 is 1. The van der Waals surface area contributed by atoms with Gasteiger partial charge in [-0.25, -0.2) is 0 Å². The minimum atomic E-state index is -0.352. The first-order valence-electron chi connectivity index (χ1n) is 6.65. The first-order valence-corrected chi connectivity index (χ1v) is 6.65. The molecule has 0 amide bonds. The van der Waals surface area contributed by atoms with Gasteiger partial charge in [0.05, 0.1) is 11.5 Å². The van der Waals surface area contributed by atoms with Gasteiger partial charge < -0.3 is 15.0 Å². The maximum absolute atomic E-state index is 5.72. The topological polar surface area (TPSA) is 74.2 Å². The van der Waals surface area contributed by atoms with Crippen molar-refractivity contribution in [1.82, 2.24) is 10.1 Å². The highest BCUT2D eigenvalue weighted by atomic mass is 16.5. The molecule has 1 atom stereocenters. The van der Waals surface area contributed by atoms with Crippen molar-refractivity contribution in [1.29, 1.82) is 0 Å². The lowest BCUT2D eigenvalue weighted by atomic mass is 9.84. The van der Waals surface area contributed by atoms with E-state index in [9.17, 15) is 0 Å². The van der Waals surface area contributed by atoms with Crippen LogP contribution in [0.4, 0.5) is 5.69 Å². The number of nitrogens with two attached hydrogens (primary N) is 1. The SMILES string of the molecule is COC(C)Cc1noc(C(C)(C)c2ccc(N)cc2)n1. The smallest absolute Gasteiger partial charge is 0.236 e. The summed E-state index contributed by atoms with van der Waals surface area (Å²) in [4.78, 5) is 4.48. The molecule has 2 aromatic rings. The maximum Gasteiger partial charge on any atom is 0.236 e. The van der Waals surface area contributed by atoms with Crippen molar-refractivity contribution in [2.24, 2.45) is 0 Å². The van der Waals surface area contributed by atoms with E-state index in [0.717, 1.165) is 11.3 Å². The molecule has 0 bridgehead atoms. The van der Waals surface area contributed by atoms with E-state index < -0.39 is 0 Å². The van der Waals surface area contributed by atoms with E-state index in [-0.39, 0.29) is 11.5 Å². The van der Waals surface area contributed by atoms with Gasteiger partial charge in [0.15, 0.2) is 5.82 Å². The fourth-order valence-corrected chi connectivity index (χ4v) is 1.95. The van der Waals surface area contributed by atoms with Gasteiger partial charge in [0, 0.05) is 19.2 Å². The summed E-state index contributed by atoms with van der Waals surface area (Å²) in [5.41, 5.74) is 7.19. The lowest BCUT2D eigenvalue weighted by Crippen LogP contribution is -2.19. The Labute approximate surface area is 119 Å². The molecule has 2 N–H and O–H groups in total. The molecule has 5 heteroatoms. The highest BCUT2D eigenvalue weighted by Gasteiger charge is 2.30. The van der Waals surface area contributed by atoms with Crippen LogP contribution in [0.2, 0.25) is 0 Å². The van der Waals surface area contributed by atoms with Crippen LogP contribution in [0.15, 0.2) is 28.8 Å². The van der Waals surface area contributed by atoms with Crippen molar-refractivity contribution in [3.63, 3.8) is 0 Å². The van der Waals surface area contributed by atoms with Crippen LogP contribution in [0.5, 0.6) is 0 Å². The van der Waals surface area contributed by atoms with E-state index in [1.54, 1.807) is 7.11 Å². The van der Waals surface area contributed by atoms with E-state index >= 15 is 0 Å². The average molecular weight is 275 g/mol. The molecule has 20 heavy (non-hydrogen) atoms. The zero-order chi connectivity index (χ0) is 14.8. The molecule has 1 aromatic carbocycles. The van der Waals surface area contributed by atoms with Crippen molar-refractivity contribution in [2.45, 2.75) is 38.7 Å². The van der Waals surface area contributed by atoms with Crippen LogP contribution in [0.25, 0.3) is 0 Å². The first kappa shape index (κ1) is 14.5. The number of hydrogen-bond acceptors (Lipinski definition) is 5. The van der Waals surface area contributed by atoms with Crippen molar-refractivity contribution < 1.29 is 9.26 Å². The highest BCUT2D eigenvalue weighted by molar-refractivity contribution is 5.42. The highest BCUT2D eigenvalue weighted by Crippen LogP contribution is 2.30. The molecule has 0 aliphatic rings. The molecule has 0 fully saturated rings. The van der Waals surface area contributed by atoms with Crippen LogP contribution in [-0.2, 0) is 16.6 Å². The molecule has 1 aromatic heterocycles. The molecule has 0 saturated heterocycles. The molecule has 5 nitrogen and oxygen atoms in total. The molecule has 1 heterocycles. The molecular formula is C15H21N3O2. The third-order valence-corrected chi connectivity index (χ3v) is 3.51. The molecule has 0 aliphatic carbocycles. The van der Waals surface area contributed by atoms with Gasteiger partial charge in [-0.2, -0.15) is 4.98 Å². The van der Waals surface area contributed by atoms with Crippen LogP contribution in [0.3, 0.4) is 0 Å². The predicted molar refractivity (Wildman–Crippen MR) is 77.5 cm³/mol. The standard InChI is InChI=1S/C15H21N3O2/c1-10(19-4)9-13-17-14(20-18-13)15(2,3)11-5-7-12(16)8-6-11/h5-8,10H,9,16H2,1-4H3. The van der Waals surface area contributed by atoms with Crippen LogP contribution in [0, 0.1) is 0 Å². The number of benzene rings is 1. The summed E-state index contributed by atoms with van der Waals surface area (Å²) in [6.45, 7) is 6.08. The van der Waals surface area contributed by atoms with Crippen molar-refractivity contribution in [3.8, 4) is 0 Å². The zero-order valence-corrected chi connectivity index (χ0v) is 12.4. The van der Waals surface area contributed by atoms with E-state index in [1.165, 1.54) is 0 Å². The number of ether oxygens (including phenoxy) is 1. The van der Waals surface area contributed by atoms with Gasteiger partial charge in [0.1, 0.15) is 0 Å². The van der Waals surface area contributed by atoms with Crippen LogP contribution >= 0.6 is 0 Å². The normalized spacial score (nSPS) is 13.4. The van der Waals surface area contributed by atoms with E-state index in [2.05, 4.69) is 24.0 Å². The number of hydrogen-bond donors (Lipinski definition) is 1. The molecule has 0 radical (unpaired) electrons. The van der Waals surface area contributed by atoms with Gasteiger partial charge in [0.2, 0.25) is 5.89 Å². The Morgan fingerprint density at radius 3 is 2.55 bits per heavy atom. The third kappa shape index (κ3) is 2.99. The Balaban J connectivity index is 2.23. The fourth-order valence-electron chi connectivity index (χ4n) is 1.95. The number of nitrogens with zero attached hydrogens (tertiary/aromatic N) is 2. The Morgan fingerprint density at radius 2 is 1.95 bits per heavy atom. The van der Waals surface area contributed by atoms with Crippen LogP contribution < -0.4 is 5.73 Å². The van der Waals surface area contributed by atoms with E-state index in [1.807, 2.05) is 31.2 Å². The predicted octanol–water partition coefficient (Wildman–Crippen LogP) is 2.56. The Hall–Kier alpha value is -1.88. The second-order valence-corrected chi connectivity index (χ2v) is 5.51. The molecule has 0 spiro atoms. The lowest BCUT2D eigenvalue weighted by molar-refractivity contribution is 0.116. The van der Waals surface area contributed by atoms with Gasteiger partial charge >= 0.3 is 0 Å². The van der Waals surface area contributed by atoms with Gasteiger partial charge in [-0.1, -0.05) is 17.3 Å². The largest absolute Gasteiger partial charge is 0.399 e. The summed E-state index contributed by atoms with van der Waals surface area (Å²) in [7, 11) is 1.67. The Morgan fingerprint density at radius 1 is 1.30 bits per heavy atom. The minimum absolute atomic E-state index is 0.0695. The van der Waals surface area contributed by atoms with Gasteiger partial charge in [-0.3, -0.25) is 0 Å². The lowest BCUT2D eigenvalue weighted by Gasteiger charge is -2.20. The molecular weight excluding hydrogens is 254 g/mol. The second kappa shape index (κ2) is 5.63. The second-order valence-electron chi connectivity index (χ2n) is 5.51. The molecule has 0 saturated carbocycles. The average Bonchev–Trinajstić information content (AvgIpc) is 2.88. The Kier molecular flexibility index (Phi) is 4.09. The summed E-state index contributed by atoms with van der Waals surface area (Å²) >= 11 is 0. The Bertz CT molecular complexity index is 561. The summed E-state index contributed by atoms with van der Waals surface area (Å²) in [6, 6.07) is 7.72. The van der Waals surface area contributed by atoms with E-state index in [4.69, 9.17) is 15.0 Å². The number of aromatic nitrogens is 2. The van der Waals surface area contributed by atoms with Gasteiger partial charge in [-0.05, 0) is 38.5 Å². The van der Waals surface area contributed by atoms with E-state index in [0.29, 0.717) is 18.1 Å². The van der Waals surface area contributed by atoms with Gasteiger partial charge in [-0.15, -0.1) is 0 Å². The van der Waals surface area contributed by atoms with Crippen LogP contribution in [-0.4, -0.2) is 23.4 Å². The summed E-state index contributed by atoms with van der Waals surface area (Å²) < 4.78 is 10.6. The van der Waals surface area contributed by atoms with Crippen LogP contribution in [0.1, 0.15) is 38.0 Å². The quantitative estimate of drug-likeness (QED) is 0.849. The molecule has 2 rings (SSSR count).